The molecule has 0 unspecified atom stereocenters. The fraction of sp³-hybridized carbons (Fsp3) is 1.00. The molecule has 91 valence electrons. The van der Waals surface area contributed by atoms with Crippen LogP contribution in [0.3, 0.4) is 0 Å². The van der Waals surface area contributed by atoms with Gasteiger partial charge in [0.25, 0.3) is 0 Å². The molecule has 10 heteroatoms. The summed E-state index contributed by atoms with van der Waals surface area (Å²) in [4.78, 5) is 4.29. The zero-order valence-corrected chi connectivity index (χ0v) is 9.62. The van der Waals surface area contributed by atoms with Gasteiger partial charge in [0.05, 0.1) is 31.8 Å². The Labute approximate surface area is 88.4 Å². The zero-order chi connectivity index (χ0) is 11.9. The van der Waals surface area contributed by atoms with Crippen molar-refractivity contribution in [3.63, 3.8) is 0 Å². The third-order valence-electron chi connectivity index (χ3n) is 1.25. The van der Waals surface area contributed by atoms with Gasteiger partial charge in [-0.1, -0.05) is 5.48 Å². The number of hydrogen-bond acceptors (Lipinski definition) is 6. The van der Waals surface area contributed by atoms with Crippen molar-refractivity contribution in [3.8, 4) is 0 Å². The number of nitrogens with zero attached hydrogens (tertiary/aromatic N) is 1. The summed E-state index contributed by atoms with van der Waals surface area (Å²) < 4.78 is 54.4. The van der Waals surface area contributed by atoms with E-state index in [4.69, 9.17) is 4.55 Å². The van der Waals surface area contributed by atoms with Crippen molar-refractivity contribution in [2.45, 2.75) is 0 Å². The number of sulfone groups is 1. The Balaban J connectivity index is 3.85. The van der Waals surface area contributed by atoms with Gasteiger partial charge in [-0.2, -0.15) is 8.42 Å². The average molecular weight is 262 g/mol. The van der Waals surface area contributed by atoms with Crippen LogP contribution in [-0.4, -0.2) is 53.2 Å². The number of hydrogen-bond donors (Lipinski definition) is 1. The van der Waals surface area contributed by atoms with Crippen LogP contribution in [0.2, 0.25) is 0 Å². The SMILES string of the molecule is CO[N]CCS(=O)(=O)CCOS(=O)(=O)O. The highest BCUT2D eigenvalue weighted by Crippen LogP contribution is 1.93. The molecule has 0 aromatic heterocycles. The van der Waals surface area contributed by atoms with E-state index in [1.807, 2.05) is 0 Å². The van der Waals surface area contributed by atoms with E-state index in [2.05, 4.69) is 14.5 Å². The molecular weight excluding hydrogens is 250 g/mol. The van der Waals surface area contributed by atoms with Crippen LogP contribution in [0.5, 0.6) is 0 Å². The molecule has 0 amide bonds. The predicted octanol–water partition coefficient (Wildman–Crippen LogP) is -1.61. The van der Waals surface area contributed by atoms with Crippen molar-refractivity contribution in [2.24, 2.45) is 0 Å². The minimum Gasteiger partial charge on any atom is -0.285 e. The second-order valence-electron chi connectivity index (χ2n) is 2.44. The van der Waals surface area contributed by atoms with Gasteiger partial charge in [0, 0.05) is 0 Å². The molecule has 1 N–H and O–H groups in total. The normalized spacial score (nSPS) is 12.9. The molecule has 0 spiro atoms. The quantitative estimate of drug-likeness (QED) is 0.317. The van der Waals surface area contributed by atoms with Gasteiger partial charge in [0.1, 0.15) is 0 Å². The van der Waals surface area contributed by atoms with Crippen molar-refractivity contribution in [2.75, 3.05) is 31.8 Å². The second-order valence-corrected chi connectivity index (χ2v) is 5.83. The van der Waals surface area contributed by atoms with Gasteiger partial charge in [-0.05, 0) is 0 Å². The molecule has 0 heterocycles. The van der Waals surface area contributed by atoms with E-state index < -0.39 is 32.6 Å². The highest BCUT2D eigenvalue weighted by atomic mass is 32.3. The van der Waals surface area contributed by atoms with Gasteiger partial charge < -0.3 is 0 Å². The summed E-state index contributed by atoms with van der Waals surface area (Å²) in [6.45, 7) is -0.654. The first-order chi connectivity index (χ1) is 6.77. The molecule has 0 atom stereocenters. The van der Waals surface area contributed by atoms with Gasteiger partial charge in [-0.15, -0.1) is 0 Å². The minimum atomic E-state index is -4.58. The first-order valence-corrected chi connectivity index (χ1v) is 6.98. The summed E-state index contributed by atoms with van der Waals surface area (Å²) in [6.07, 6.45) is 0. The predicted molar refractivity (Wildman–Crippen MR) is 50.2 cm³/mol. The van der Waals surface area contributed by atoms with Crippen molar-refractivity contribution < 1.29 is 30.4 Å². The van der Waals surface area contributed by atoms with Gasteiger partial charge in [-0.25, -0.2) is 12.6 Å². The van der Waals surface area contributed by atoms with Crippen molar-refractivity contribution in [3.05, 3.63) is 0 Å². The van der Waals surface area contributed by atoms with Crippen LogP contribution < -0.4 is 5.48 Å². The fourth-order valence-corrected chi connectivity index (χ4v) is 1.93. The van der Waals surface area contributed by atoms with E-state index in [0.717, 1.165) is 0 Å². The third kappa shape index (κ3) is 10.0. The third-order valence-corrected chi connectivity index (χ3v) is 3.31. The summed E-state index contributed by atoms with van der Waals surface area (Å²) in [5, 5.41) is 0. The molecule has 0 aliphatic rings. The Morgan fingerprint density at radius 2 is 1.80 bits per heavy atom. The highest BCUT2D eigenvalue weighted by Gasteiger charge is 2.13. The van der Waals surface area contributed by atoms with Crippen LogP contribution in [0.25, 0.3) is 0 Å². The molecule has 0 aliphatic carbocycles. The van der Waals surface area contributed by atoms with Gasteiger partial charge in [-0.3, -0.25) is 9.39 Å². The van der Waals surface area contributed by atoms with Crippen molar-refractivity contribution >= 4 is 20.2 Å². The van der Waals surface area contributed by atoms with Crippen LogP contribution >= 0.6 is 0 Å². The van der Waals surface area contributed by atoms with Crippen LogP contribution in [0.4, 0.5) is 0 Å². The topological polar surface area (TPSA) is 121 Å². The molecule has 0 aliphatic heterocycles. The molecule has 0 aromatic rings. The molecule has 15 heavy (non-hydrogen) atoms. The van der Waals surface area contributed by atoms with Crippen LogP contribution in [0.15, 0.2) is 0 Å². The molecule has 0 aromatic carbocycles. The smallest absolute Gasteiger partial charge is 0.285 e. The minimum absolute atomic E-state index is 0.0370. The van der Waals surface area contributed by atoms with E-state index >= 15 is 0 Å². The Bertz CT molecular complexity index is 359. The Morgan fingerprint density at radius 1 is 1.20 bits per heavy atom. The largest absolute Gasteiger partial charge is 0.397 e. The van der Waals surface area contributed by atoms with Crippen LogP contribution in [0.1, 0.15) is 0 Å². The van der Waals surface area contributed by atoms with Crippen molar-refractivity contribution in [1.29, 1.82) is 0 Å². The van der Waals surface area contributed by atoms with Crippen molar-refractivity contribution in [1.82, 2.24) is 5.48 Å². The lowest BCUT2D eigenvalue weighted by Crippen LogP contribution is -2.22. The van der Waals surface area contributed by atoms with Gasteiger partial charge in [0.2, 0.25) is 0 Å². The molecule has 0 fully saturated rings. The molecule has 8 nitrogen and oxygen atoms in total. The maximum Gasteiger partial charge on any atom is 0.397 e. The van der Waals surface area contributed by atoms with E-state index in [1.165, 1.54) is 7.11 Å². The Morgan fingerprint density at radius 3 is 2.27 bits per heavy atom. The van der Waals surface area contributed by atoms with E-state index in [0.29, 0.717) is 0 Å². The highest BCUT2D eigenvalue weighted by molar-refractivity contribution is 7.91. The van der Waals surface area contributed by atoms with E-state index in [-0.39, 0.29) is 12.3 Å². The Kier molecular flexibility index (Phi) is 6.24. The number of rotatable bonds is 8. The standard InChI is InChI=1S/C5H12NO7S2/c1-12-6-2-4-14(7,8)5-3-13-15(9,10)11/h2-5H2,1H3,(H,9,10,11). The van der Waals surface area contributed by atoms with Gasteiger partial charge >= 0.3 is 10.4 Å². The fourth-order valence-electron chi connectivity index (χ4n) is 0.636. The summed E-state index contributed by atoms with van der Waals surface area (Å²) in [6, 6.07) is 0. The lowest BCUT2D eigenvalue weighted by atomic mass is 10.8. The summed E-state index contributed by atoms with van der Waals surface area (Å²) in [5.41, 5.74) is 3.33. The maximum absolute atomic E-state index is 11.1. The Hall–Kier alpha value is -0.260. The van der Waals surface area contributed by atoms with E-state index in [9.17, 15) is 16.8 Å². The summed E-state index contributed by atoms with van der Waals surface area (Å²) >= 11 is 0. The van der Waals surface area contributed by atoms with Crippen LogP contribution in [0, 0.1) is 0 Å². The molecule has 0 saturated carbocycles. The molecule has 0 bridgehead atoms. The summed E-state index contributed by atoms with van der Waals surface area (Å²) in [5.74, 6) is -0.776. The lowest BCUT2D eigenvalue weighted by Gasteiger charge is -2.02. The average Bonchev–Trinajstić information content (AvgIpc) is 2.01. The van der Waals surface area contributed by atoms with Crippen LogP contribution in [-0.2, 0) is 29.3 Å². The molecule has 0 saturated heterocycles. The zero-order valence-electron chi connectivity index (χ0n) is 7.99. The first kappa shape index (κ1) is 14.7. The van der Waals surface area contributed by atoms with E-state index in [1.54, 1.807) is 0 Å². The maximum atomic E-state index is 11.1. The molecule has 1 radical (unpaired) electrons. The second kappa shape index (κ2) is 6.35. The van der Waals surface area contributed by atoms with Gasteiger partial charge in [0.15, 0.2) is 9.84 Å². The molecule has 0 rings (SSSR count). The lowest BCUT2D eigenvalue weighted by molar-refractivity contribution is 0.0874. The monoisotopic (exact) mass is 262 g/mol. The molecular formula is C5H12NO7S2. The summed E-state index contributed by atoms with van der Waals surface area (Å²) in [7, 11) is -6.75. The number of hydroxylamine groups is 1. The first-order valence-electron chi connectivity index (χ1n) is 3.79.